The van der Waals surface area contributed by atoms with Crippen LogP contribution in [-0.2, 0) is 19.1 Å². The van der Waals surface area contributed by atoms with Gasteiger partial charge in [-0.15, -0.1) is 0 Å². The molecule has 1 saturated carbocycles. The number of nitrogens with zero attached hydrogens (tertiary/aromatic N) is 1. The highest BCUT2D eigenvalue weighted by molar-refractivity contribution is 5.82. The van der Waals surface area contributed by atoms with Gasteiger partial charge in [0, 0.05) is 18.5 Å². The van der Waals surface area contributed by atoms with Gasteiger partial charge in [0.1, 0.15) is 6.61 Å². The number of hydrogen-bond donors (Lipinski definition) is 2. The van der Waals surface area contributed by atoms with Crippen molar-refractivity contribution in [2.24, 2.45) is 5.92 Å². The molecule has 1 unspecified atom stereocenters. The molecule has 2 aromatic carbocycles. The number of aliphatic carboxylic acids is 1. The predicted octanol–water partition coefficient (Wildman–Crippen LogP) is 3.40. The molecule has 1 saturated heterocycles. The van der Waals surface area contributed by atoms with Crippen LogP contribution in [0, 0.1) is 5.92 Å². The molecule has 0 spiro atoms. The minimum atomic E-state index is -1.07. The van der Waals surface area contributed by atoms with Crippen molar-refractivity contribution in [3.05, 3.63) is 59.7 Å². The van der Waals surface area contributed by atoms with Gasteiger partial charge in [-0.3, -0.25) is 4.79 Å². The van der Waals surface area contributed by atoms with Crippen LogP contribution in [0.3, 0.4) is 0 Å². The summed E-state index contributed by atoms with van der Waals surface area (Å²) in [6.07, 6.45) is 1.62. The molecule has 1 aliphatic heterocycles. The zero-order chi connectivity index (χ0) is 24.4. The van der Waals surface area contributed by atoms with Crippen LogP contribution < -0.4 is 5.32 Å². The highest BCUT2D eigenvalue weighted by Gasteiger charge is 2.38. The van der Waals surface area contributed by atoms with Gasteiger partial charge in [0.05, 0.1) is 19.1 Å². The fraction of sp³-hybridized carbons (Fsp3) is 0.444. The number of carboxylic acids is 1. The molecular weight excluding hydrogens is 448 g/mol. The third-order valence-corrected chi connectivity index (χ3v) is 7.38. The topological polar surface area (TPSA) is 105 Å². The largest absolute Gasteiger partial charge is 0.479 e. The van der Waals surface area contributed by atoms with Gasteiger partial charge in [0.15, 0.2) is 6.10 Å². The lowest BCUT2D eigenvalue weighted by atomic mass is 9.83. The van der Waals surface area contributed by atoms with E-state index in [1.165, 1.54) is 11.1 Å². The van der Waals surface area contributed by atoms with Crippen LogP contribution >= 0.6 is 0 Å². The van der Waals surface area contributed by atoms with Crippen molar-refractivity contribution in [3.63, 3.8) is 0 Å². The number of alkyl carbamates (subject to hydrolysis) is 1. The Bertz CT molecular complexity index is 1070. The highest BCUT2D eigenvalue weighted by Crippen LogP contribution is 2.44. The first-order valence-corrected chi connectivity index (χ1v) is 12.3. The first-order chi connectivity index (χ1) is 17.0. The van der Waals surface area contributed by atoms with Crippen LogP contribution in [0.4, 0.5) is 4.79 Å². The van der Waals surface area contributed by atoms with Crippen molar-refractivity contribution in [2.45, 2.75) is 43.7 Å². The van der Waals surface area contributed by atoms with Gasteiger partial charge in [-0.2, -0.15) is 0 Å². The van der Waals surface area contributed by atoms with Gasteiger partial charge in [-0.05, 0) is 35.1 Å². The summed E-state index contributed by atoms with van der Waals surface area (Å²) in [7, 11) is 0. The van der Waals surface area contributed by atoms with Crippen LogP contribution in [-0.4, -0.2) is 66.4 Å². The number of rotatable bonds is 5. The molecule has 2 N–H and O–H groups in total. The number of nitrogens with one attached hydrogen (secondary N) is 1. The molecule has 1 heterocycles. The Kier molecular flexibility index (Phi) is 6.72. The molecule has 2 aliphatic carbocycles. The summed E-state index contributed by atoms with van der Waals surface area (Å²) in [4.78, 5) is 38.9. The van der Waals surface area contributed by atoms with Crippen LogP contribution in [0.2, 0.25) is 0 Å². The monoisotopic (exact) mass is 478 g/mol. The normalized spacial score (nSPS) is 23.8. The van der Waals surface area contributed by atoms with E-state index in [0.29, 0.717) is 19.4 Å². The third kappa shape index (κ3) is 4.75. The smallest absolute Gasteiger partial charge is 0.407 e. The highest BCUT2D eigenvalue weighted by atomic mass is 16.5. The molecule has 5 rings (SSSR count). The van der Waals surface area contributed by atoms with E-state index in [-0.39, 0.29) is 37.6 Å². The summed E-state index contributed by atoms with van der Waals surface area (Å²) in [6, 6.07) is 16.0. The van der Waals surface area contributed by atoms with E-state index in [2.05, 4.69) is 29.6 Å². The van der Waals surface area contributed by atoms with Crippen molar-refractivity contribution in [3.8, 4) is 11.1 Å². The second-order valence-electron chi connectivity index (χ2n) is 9.45. The third-order valence-electron chi connectivity index (χ3n) is 7.38. The lowest BCUT2D eigenvalue weighted by molar-refractivity contribution is -0.161. The number of carbonyl (C=O) groups excluding carboxylic acids is 2. The van der Waals surface area contributed by atoms with Gasteiger partial charge < -0.3 is 24.8 Å². The number of hydrogen-bond acceptors (Lipinski definition) is 5. The minimum absolute atomic E-state index is 0.0294. The first-order valence-electron chi connectivity index (χ1n) is 12.3. The summed E-state index contributed by atoms with van der Waals surface area (Å²) >= 11 is 0. The molecule has 0 aromatic heterocycles. The SMILES string of the molecule is O=C(N[C@@H]1CCCC[C@@H]1C(=O)N1CCOC(C(=O)O)C1)OCC1c2ccccc2-c2ccccc21. The van der Waals surface area contributed by atoms with Gasteiger partial charge in [0.25, 0.3) is 0 Å². The maximum Gasteiger partial charge on any atom is 0.407 e. The van der Waals surface area contributed by atoms with E-state index in [0.717, 1.165) is 24.0 Å². The zero-order valence-electron chi connectivity index (χ0n) is 19.5. The fourth-order valence-electron chi connectivity index (χ4n) is 5.62. The average Bonchev–Trinajstić information content (AvgIpc) is 3.21. The van der Waals surface area contributed by atoms with Crippen LogP contribution in [0.1, 0.15) is 42.7 Å². The number of morpholine rings is 1. The molecule has 3 aliphatic rings. The molecule has 0 radical (unpaired) electrons. The fourth-order valence-corrected chi connectivity index (χ4v) is 5.62. The second kappa shape index (κ2) is 10.1. The van der Waals surface area contributed by atoms with E-state index < -0.39 is 24.1 Å². The molecule has 8 heteroatoms. The Morgan fingerprint density at radius 3 is 2.34 bits per heavy atom. The van der Waals surface area contributed by atoms with Crippen LogP contribution in [0.5, 0.6) is 0 Å². The van der Waals surface area contributed by atoms with E-state index >= 15 is 0 Å². The molecular formula is C27H30N2O6. The van der Waals surface area contributed by atoms with Gasteiger partial charge >= 0.3 is 12.1 Å². The van der Waals surface area contributed by atoms with Crippen molar-refractivity contribution >= 4 is 18.0 Å². The van der Waals surface area contributed by atoms with Crippen LogP contribution in [0.25, 0.3) is 11.1 Å². The van der Waals surface area contributed by atoms with E-state index in [9.17, 15) is 19.5 Å². The Labute approximate surface area is 204 Å². The lowest BCUT2D eigenvalue weighted by Gasteiger charge is -2.37. The van der Waals surface area contributed by atoms with Crippen LogP contribution in [0.15, 0.2) is 48.5 Å². The van der Waals surface area contributed by atoms with E-state index in [1.807, 2.05) is 24.3 Å². The number of carboxylic acid groups (broad SMARTS) is 1. The number of fused-ring (bicyclic) bond motifs is 3. The number of ether oxygens (including phenoxy) is 2. The summed E-state index contributed by atoms with van der Waals surface area (Å²) in [6.45, 7) is 0.800. The lowest BCUT2D eigenvalue weighted by Crippen LogP contribution is -2.54. The molecule has 2 fully saturated rings. The molecule has 8 nitrogen and oxygen atoms in total. The molecule has 2 amide bonds. The predicted molar refractivity (Wildman–Crippen MR) is 128 cm³/mol. The first kappa shape index (κ1) is 23.4. The molecule has 35 heavy (non-hydrogen) atoms. The maximum atomic E-state index is 13.2. The van der Waals surface area contributed by atoms with Gasteiger partial charge in [0.2, 0.25) is 5.91 Å². The standard InChI is InChI=1S/C27H30N2O6/c30-25(29-13-14-34-24(15-29)26(31)32)21-11-5-6-12-23(21)28-27(33)35-16-22-19-9-3-1-7-17(19)18-8-2-4-10-20(18)22/h1-4,7-10,21-24H,5-6,11-16H2,(H,28,33)(H,31,32)/t21-,23+,24?/m0/s1. The Balaban J connectivity index is 1.22. The number of benzene rings is 2. The Morgan fingerprint density at radius 1 is 1.00 bits per heavy atom. The summed E-state index contributed by atoms with van der Waals surface area (Å²) in [5.41, 5.74) is 4.63. The Morgan fingerprint density at radius 2 is 1.66 bits per heavy atom. The quantitative estimate of drug-likeness (QED) is 0.683. The zero-order valence-corrected chi connectivity index (χ0v) is 19.5. The number of carbonyl (C=O) groups is 3. The van der Waals surface area contributed by atoms with Crippen molar-refractivity contribution in [2.75, 3.05) is 26.3 Å². The molecule has 184 valence electrons. The van der Waals surface area contributed by atoms with Crippen molar-refractivity contribution in [1.29, 1.82) is 0 Å². The molecule has 2 aromatic rings. The molecule has 0 bridgehead atoms. The number of amides is 2. The maximum absolute atomic E-state index is 13.2. The summed E-state index contributed by atoms with van der Waals surface area (Å²) in [5, 5.41) is 12.2. The Hall–Kier alpha value is -3.39. The van der Waals surface area contributed by atoms with E-state index in [1.54, 1.807) is 4.90 Å². The summed E-state index contributed by atoms with van der Waals surface area (Å²) < 4.78 is 10.9. The second-order valence-corrected chi connectivity index (χ2v) is 9.45. The minimum Gasteiger partial charge on any atom is -0.479 e. The van der Waals surface area contributed by atoms with E-state index in [4.69, 9.17) is 9.47 Å². The molecule has 3 atom stereocenters. The van der Waals surface area contributed by atoms with Crippen molar-refractivity contribution < 1.29 is 29.0 Å². The van der Waals surface area contributed by atoms with Gasteiger partial charge in [-0.25, -0.2) is 9.59 Å². The van der Waals surface area contributed by atoms with Crippen molar-refractivity contribution in [1.82, 2.24) is 10.2 Å². The average molecular weight is 479 g/mol. The van der Waals surface area contributed by atoms with Gasteiger partial charge in [-0.1, -0.05) is 61.4 Å². The summed E-state index contributed by atoms with van der Waals surface area (Å²) in [5.74, 6) is -1.61.